The highest BCUT2D eigenvalue weighted by Gasteiger charge is 2.66. The highest BCUT2D eigenvalue weighted by molar-refractivity contribution is 7.79. The lowest BCUT2D eigenvalue weighted by Crippen LogP contribution is -2.52. The number of imidazole rings is 1. The van der Waals surface area contributed by atoms with Crippen LogP contribution in [0.1, 0.15) is 17.3 Å². The third-order valence-corrected chi connectivity index (χ3v) is 4.82. The summed E-state index contributed by atoms with van der Waals surface area (Å²) in [5, 5.41) is 13.1. The van der Waals surface area contributed by atoms with E-state index in [2.05, 4.69) is 19.6 Å². The molecular formula is C15H7F4N4O5S-. The van der Waals surface area contributed by atoms with Gasteiger partial charge in [0.1, 0.15) is 17.5 Å². The number of alkyl halides is 4. The first kappa shape index (κ1) is 19.2. The Morgan fingerprint density at radius 1 is 1.24 bits per heavy atom. The fraction of sp³-hybridized carbons (Fsp3) is 0.267. The number of aromatic nitrogens is 3. The number of aryl methyl sites for hydroxylation is 2. The quantitative estimate of drug-likeness (QED) is 0.448. The van der Waals surface area contributed by atoms with Crippen LogP contribution in [0.25, 0.3) is 16.7 Å². The van der Waals surface area contributed by atoms with E-state index in [9.17, 15) is 31.6 Å². The molecule has 0 N–H and O–H groups in total. The van der Waals surface area contributed by atoms with E-state index in [1.54, 1.807) is 6.07 Å². The standard InChI is InChI=1S/C15H8F4N4O5S/c1-5-10(6(2)28-22-5)23-9(4-20)21-7-3-8-12(13(11(7)23)29(24)25)27-15(18,19)14(16,17)26-8/h3H,1-2H3,(H,24,25)/p-1. The molecule has 0 saturated heterocycles. The topological polar surface area (TPSA) is 126 Å². The Morgan fingerprint density at radius 3 is 2.45 bits per heavy atom. The fourth-order valence-corrected chi connectivity index (χ4v) is 3.61. The smallest absolute Gasteiger partial charge is 0.507 e. The third kappa shape index (κ3) is 2.58. The highest BCUT2D eigenvalue weighted by atomic mass is 32.2. The average Bonchev–Trinajstić information content (AvgIpc) is 3.12. The summed E-state index contributed by atoms with van der Waals surface area (Å²) in [6, 6.07) is 2.50. The molecule has 0 aliphatic carbocycles. The number of halogens is 4. The molecule has 1 aliphatic heterocycles. The second kappa shape index (κ2) is 5.91. The molecule has 0 saturated carbocycles. The van der Waals surface area contributed by atoms with Crippen molar-refractivity contribution in [1.82, 2.24) is 14.7 Å². The molecule has 1 aliphatic rings. The van der Waals surface area contributed by atoms with E-state index in [4.69, 9.17) is 4.52 Å². The lowest BCUT2D eigenvalue weighted by atomic mass is 10.2. The van der Waals surface area contributed by atoms with Gasteiger partial charge in [-0.1, -0.05) is 5.16 Å². The van der Waals surface area contributed by atoms with Crippen LogP contribution >= 0.6 is 0 Å². The van der Waals surface area contributed by atoms with Crippen molar-refractivity contribution in [3.8, 4) is 23.3 Å². The fourth-order valence-electron chi connectivity index (χ4n) is 2.97. The molecule has 14 heteroatoms. The minimum absolute atomic E-state index is 0.129. The van der Waals surface area contributed by atoms with Gasteiger partial charge < -0.3 is 18.5 Å². The van der Waals surface area contributed by atoms with Gasteiger partial charge >= 0.3 is 12.2 Å². The summed E-state index contributed by atoms with van der Waals surface area (Å²) in [5.74, 6) is -2.32. The van der Waals surface area contributed by atoms with Gasteiger partial charge in [0.2, 0.25) is 5.82 Å². The molecule has 1 unspecified atom stereocenters. The number of hydrogen-bond donors (Lipinski definition) is 0. The van der Waals surface area contributed by atoms with E-state index < -0.39 is 39.7 Å². The Kier molecular flexibility index (Phi) is 3.90. The number of benzene rings is 1. The van der Waals surface area contributed by atoms with Gasteiger partial charge in [0.25, 0.3) is 0 Å². The zero-order valence-corrected chi connectivity index (χ0v) is 15.1. The van der Waals surface area contributed by atoms with Gasteiger partial charge in [-0.25, -0.2) is 4.98 Å². The monoisotopic (exact) mass is 431 g/mol. The molecule has 0 bridgehead atoms. The number of ether oxygens (including phenoxy) is 2. The normalized spacial score (nSPS) is 17.9. The number of nitriles is 1. The van der Waals surface area contributed by atoms with Crippen molar-refractivity contribution in [3.63, 3.8) is 0 Å². The van der Waals surface area contributed by atoms with Crippen molar-refractivity contribution in [3.05, 3.63) is 23.3 Å². The largest absolute Gasteiger partial charge is 0.768 e. The summed E-state index contributed by atoms with van der Waals surface area (Å²) >= 11 is -3.28. The maximum Gasteiger partial charge on any atom is 0.507 e. The van der Waals surface area contributed by atoms with Crippen molar-refractivity contribution in [2.24, 2.45) is 0 Å². The van der Waals surface area contributed by atoms with Crippen LogP contribution in [0, 0.1) is 25.2 Å². The maximum atomic E-state index is 13.7. The number of hydrogen-bond acceptors (Lipinski definition) is 8. The summed E-state index contributed by atoms with van der Waals surface area (Å²) in [7, 11) is 0. The molecule has 1 aromatic carbocycles. The molecule has 0 spiro atoms. The van der Waals surface area contributed by atoms with E-state index in [0.717, 1.165) is 10.6 Å². The summed E-state index contributed by atoms with van der Waals surface area (Å²) < 4.78 is 92.3. The third-order valence-electron chi connectivity index (χ3n) is 4.11. The van der Waals surface area contributed by atoms with Gasteiger partial charge in [-0.2, -0.15) is 22.8 Å². The van der Waals surface area contributed by atoms with Crippen LogP contribution in [0.5, 0.6) is 11.5 Å². The molecule has 9 nitrogen and oxygen atoms in total. The van der Waals surface area contributed by atoms with E-state index >= 15 is 0 Å². The van der Waals surface area contributed by atoms with Crippen LogP contribution in [-0.4, -0.2) is 35.7 Å². The summed E-state index contributed by atoms with van der Waals surface area (Å²) in [5.41, 5.74) is -0.297. The molecule has 29 heavy (non-hydrogen) atoms. The van der Waals surface area contributed by atoms with Gasteiger partial charge in [0, 0.05) is 6.07 Å². The van der Waals surface area contributed by atoms with E-state index in [-0.39, 0.29) is 34.0 Å². The van der Waals surface area contributed by atoms with Crippen LogP contribution in [0.3, 0.4) is 0 Å². The van der Waals surface area contributed by atoms with Crippen molar-refractivity contribution < 1.29 is 40.3 Å². The minimum atomic E-state index is -5.15. The second-order valence-electron chi connectivity index (χ2n) is 5.93. The predicted octanol–water partition coefficient (Wildman–Crippen LogP) is 2.70. The Bertz CT molecular complexity index is 1230. The van der Waals surface area contributed by atoms with Crippen LogP contribution in [0.15, 0.2) is 15.5 Å². The molecule has 0 amide bonds. The highest BCUT2D eigenvalue weighted by Crippen LogP contribution is 2.51. The Hall–Kier alpha value is -3.18. The number of rotatable bonds is 2. The summed E-state index contributed by atoms with van der Waals surface area (Å²) in [4.78, 5) is 2.95. The van der Waals surface area contributed by atoms with Crippen molar-refractivity contribution >= 4 is 22.1 Å². The first-order valence-corrected chi connectivity index (χ1v) is 8.71. The van der Waals surface area contributed by atoms with E-state index in [1.165, 1.54) is 13.8 Å². The van der Waals surface area contributed by atoms with Crippen LogP contribution in [-0.2, 0) is 11.1 Å². The van der Waals surface area contributed by atoms with E-state index in [0.29, 0.717) is 0 Å². The summed E-state index contributed by atoms with van der Waals surface area (Å²) in [6.45, 7) is 2.95. The van der Waals surface area contributed by atoms with Gasteiger partial charge in [0.05, 0.1) is 15.9 Å². The Labute approximate surface area is 160 Å². The average molecular weight is 431 g/mol. The Balaban J connectivity index is 2.16. The maximum absolute atomic E-state index is 13.7. The molecule has 1 atom stereocenters. The second-order valence-corrected chi connectivity index (χ2v) is 6.81. The van der Waals surface area contributed by atoms with Crippen molar-refractivity contribution in [2.45, 2.75) is 31.0 Å². The number of nitrogens with zero attached hydrogens (tertiary/aromatic N) is 4. The van der Waals surface area contributed by atoms with Crippen molar-refractivity contribution in [2.75, 3.05) is 0 Å². The zero-order valence-electron chi connectivity index (χ0n) is 14.3. The summed E-state index contributed by atoms with van der Waals surface area (Å²) in [6.07, 6.45) is -10.2. The first-order chi connectivity index (χ1) is 13.5. The molecule has 2 aromatic heterocycles. The lowest BCUT2D eigenvalue weighted by molar-refractivity contribution is -0.392. The molecular weight excluding hydrogens is 424 g/mol. The molecule has 4 rings (SSSR count). The van der Waals surface area contributed by atoms with Gasteiger partial charge in [-0.3, -0.25) is 8.78 Å². The van der Waals surface area contributed by atoms with Crippen LogP contribution in [0.4, 0.5) is 17.6 Å². The van der Waals surface area contributed by atoms with Crippen molar-refractivity contribution in [1.29, 1.82) is 5.26 Å². The zero-order chi connectivity index (χ0) is 21.3. The Morgan fingerprint density at radius 2 is 1.90 bits per heavy atom. The van der Waals surface area contributed by atoms with E-state index in [1.807, 2.05) is 0 Å². The van der Waals surface area contributed by atoms with Gasteiger partial charge in [0.15, 0.2) is 17.3 Å². The molecule has 3 aromatic rings. The van der Waals surface area contributed by atoms with Gasteiger partial charge in [-0.15, -0.1) is 0 Å². The minimum Gasteiger partial charge on any atom is -0.768 e. The predicted molar refractivity (Wildman–Crippen MR) is 83.7 cm³/mol. The molecule has 3 heterocycles. The molecule has 0 fully saturated rings. The van der Waals surface area contributed by atoms with Crippen LogP contribution < -0.4 is 9.47 Å². The molecule has 0 radical (unpaired) electrons. The lowest BCUT2D eigenvalue weighted by Gasteiger charge is -2.33. The molecule has 152 valence electrons. The van der Waals surface area contributed by atoms with Crippen LogP contribution in [0.2, 0.25) is 0 Å². The van der Waals surface area contributed by atoms with Gasteiger partial charge in [-0.05, 0) is 24.9 Å². The SMILES string of the molecule is Cc1noc(C)c1-n1c(C#N)nc2cc3c(c(S(=O)[O-])c21)OC(F)(F)C(F)(F)O3. The first-order valence-electron chi connectivity index (χ1n) is 7.64. The number of fused-ring (bicyclic) bond motifs is 2.